The van der Waals surface area contributed by atoms with Crippen molar-refractivity contribution in [3.8, 4) is 0 Å². The minimum Gasteiger partial charge on any atom is -0.378 e. The van der Waals surface area contributed by atoms with Gasteiger partial charge >= 0.3 is 0 Å². The van der Waals surface area contributed by atoms with Crippen LogP contribution in [0.4, 0.5) is 5.69 Å². The van der Waals surface area contributed by atoms with E-state index >= 15 is 0 Å². The summed E-state index contributed by atoms with van der Waals surface area (Å²) in [5.74, 6) is 0. The summed E-state index contributed by atoms with van der Waals surface area (Å²) in [5.41, 5.74) is 2.26. The number of rotatable bonds is 1. The fourth-order valence-electron chi connectivity index (χ4n) is 1.56. The minimum absolute atomic E-state index is 0.314. The van der Waals surface area contributed by atoms with Gasteiger partial charge in [-0.1, -0.05) is 29.8 Å². The molecule has 14 heavy (non-hydrogen) atoms. The van der Waals surface area contributed by atoms with Crippen LogP contribution >= 0.6 is 11.6 Å². The molecule has 1 N–H and O–H groups in total. The second kappa shape index (κ2) is 3.89. The first-order chi connectivity index (χ1) is 6.79. The molecule has 1 aromatic carbocycles. The Labute approximate surface area is 89.1 Å². The Bertz CT molecular complexity index is 382. The summed E-state index contributed by atoms with van der Waals surface area (Å²) < 4.78 is 0. The van der Waals surface area contributed by atoms with Gasteiger partial charge in [-0.05, 0) is 30.2 Å². The number of anilines is 1. The van der Waals surface area contributed by atoms with Crippen molar-refractivity contribution in [2.45, 2.75) is 12.5 Å². The largest absolute Gasteiger partial charge is 0.378 e. The third-order valence-electron chi connectivity index (χ3n) is 2.33. The van der Waals surface area contributed by atoms with E-state index in [-0.39, 0.29) is 0 Å². The lowest BCUT2D eigenvalue weighted by Gasteiger charge is -2.13. The molecule has 1 aromatic rings. The fraction of sp³-hybridized carbons (Fsp3) is 0.167. The van der Waals surface area contributed by atoms with E-state index in [0.29, 0.717) is 6.04 Å². The topological polar surface area (TPSA) is 12.0 Å². The lowest BCUT2D eigenvalue weighted by molar-refractivity contribution is 0.904. The average molecular weight is 206 g/mol. The zero-order valence-corrected chi connectivity index (χ0v) is 8.59. The van der Waals surface area contributed by atoms with Crippen LogP contribution in [0.3, 0.4) is 0 Å². The second-order valence-electron chi connectivity index (χ2n) is 3.36. The predicted molar refractivity (Wildman–Crippen MR) is 62.7 cm³/mol. The summed E-state index contributed by atoms with van der Waals surface area (Å²) in [4.78, 5) is 0. The van der Waals surface area contributed by atoms with Gasteiger partial charge in [-0.3, -0.25) is 0 Å². The molecular weight excluding hydrogens is 194 g/mol. The molecule has 2 heteroatoms. The van der Waals surface area contributed by atoms with Gasteiger partial charge < -0.3 is 5.32 Å². The van der Waals surface area contributed by atoms with E-state index in [1.165, 1.54) is 0 Å². The first kappa shape index (κ1) is 9.35. The third kappa shape index (κ3) is 1.83. The minimum atomic E-state index is 0.314. The molecule has 1 aliphatic heterocycles. The van der Waals surface area contributed by atoms with Gasteiger partial charge in [-0.25, -0.2) is 0 Å². The molecule has 0 saturated heterocycles. The highest BCUT2D eigenvalue weighted by Crippen LogP contribution is 2.25. The summed E-state index contributed by atoms with van der Waals surface area (Å²) >= 11 is 5.92. The highest BCUT2D eigenvalue weighted by Gasteiger charge is 2.08. The van der Waals surface area contributed by atoms with E-state index in [9.17, 15) is 0 Å². The van der Waals surface area contributed by atoms with Crippen molar-refractivity contribution in [2.75, 3.05) is 5.32 Å². The maximum atomic E-state index is 5.92. The van der Waals surface area contributed by atoms with E-state index in [1.54, 1.807) is 0 Å². The smallest absolute Gasteiger partial charge is 0.0476 e. The van der Waals surface area contributed by atoms with E-state index < -0.39 is 0 Å². The van der Waals surface area contributed by atoms with Crippen molar-refractivity contribution in [1.82, 2.24) is 0 Å². The Hall–Kier alpha value is -1.21. The first-order valence-corrected chi connectivity index (χ1v) is 5.02. The van der Waals surface area contributed by atoms with Gasteiger partial charge in [0, 0.05) is 16.8 Å². The van der Waals surface area contributed by atoms with Crippen molar-refractivity contribution in [2.24, 2.45) is 0 Å². The van der Waals surface area contributed by atoms with Crippen molar-refractivity contribution >= 4 is 23.4 Å². The molecule has 1 heterocycles. The Morgan fingerprint density at radius 1 is 1.50 bits per heavy atom. The molecule has 1 unspecified atom stereocenters. The molecule has 0 saturated carbocycles. The number of fused-ring (bicyclic) bond motifs is 1. The van der Waals surface area contributed by atoms with Crippen LogP contribution in [-0.4, -0.2) is 6.04 Å². The van der Waals surface area contributed by atoms with Gasteiger partial charge in [0.25, 0.3) is 0 Å². The van der Waals surface area contributed by atoms with Gasteiger partial charge in [0.1, 0.15) is 0 Å². The molecule has 2 rings (SSSR count). The Morgan fingerprint density at radius 3 is 3.14 bits per heavy atom. The lowest BCUT2D eigenvalue weighted by Crippen LogP contribution is -2.14. The summed E-state index contributed by atoms with van der Waals surface area (Å²) in [5, 5.41) is 4.17. The second-order valence-corrected chi connectivity index (χ2v) is 3.79. The zero-order chi connectivity index (χ0) is 9.97. The van der Waals surface area contributed by atoms with Gasteiger partial charge in [-0.15, -0.1) is 6.58 Å². The predicted octanol–water partition coefficient (Wildman–Crippen LogP) is 3.72. The van der Waals surface area contributed by atoms with Crippen molar-refractivity contribution in [3.63, 3.8) is 0 Å². The van der Waals surface area contributed by atoms with Crippen LogP contribution in [0.2, 0.25) is 5.02 Å². The van der Waals surface area contributed by atoms with Gasteiger partial charge in [-0.2, -0.15) is 0 Å². The maximum absolute atomic E-state index is 5.92. The first-order valence-electron chi connectivity index (χ1n) is 4.65. The highest BCUT2D eigenvalue weighted by atomic mass is 35.5. The van der Waals surface area contributed by atoms with Crippen LogP contribution in [0.5, 0.6) is 0 Å². The molecule has 1 aliphatic rings. The van der Waals surface area contributed by atoms with E-state index in [0.717, 1.165) is 22.7 Å². The summed E-state index contributed by atoms with van der Waals surface area (Å²) in [6.07, 6.45) is 7.13. The van der Waals surface area contributed by atoms with Gasteiger partial charge in [0.05, 0.1) is 0 Å². The monoisotopic (exact) mass is 205 g/mol. The summed E-state index contributed by atoms with van der Waals surface area (Å²) in [6, 6.07) is 6.18. The van der Waals surface area contributed by atoms with Crippen LogP contribution in [0.25, 0.3) is 6.08 Å². The van der Waals surface area contributed by atoms with Crippen LogP contribution in [0.15, 0.2) is 36.9 Å². The normalized spacial score (nSPS) is 19.4. The number of benzene rings is 1. The fourth-order valence-corrected chi connectivity index (χ4v) is 1.74. The third-order valence-corrected chi connectivity index (χ3v) is 2.56. The molecule has 72 valence electrons. The zero-order valence-electron chi connectivity index (χ0n) is 7.83. The van der Waals surface area contributed by atoms with Gasteiger partial charge in [0.15, 0.2) is 0 Å². The molecule has 0 amide bonds. The Kier molecular flexibility index (Phi) is 2.60. The molecule has 0 aliphatic carbocycles. The number of hydrogen-bond acceptors (Lipinski definition) is 1. The van der Waals surface area contributed by atoms with Crippen LogP contribution in [0, 0.1) is 0 Å². The molecule has 0 radical (unpaired) electrons. The van der Waals surface area contributed by atoms with Crippen LogP contribution in [0.1, 0.15) is 12.0 Å². The number of nitrogens with one attached hydrogen (secondary N) is 1. The van der Waals surface area contributed by atoms with Crippen molar-refractivity contribution in [1.29, 1.82) is 0 Å². The quantitative estimate of drug-likeness (QED) is 0.689. The van der Waals surface area contributed by atoms with Crippen LogP contribution < -0.4 is 5.32 Å². The molecule has 1 atom stereocenters. The molecule has 0 bridgehead atoms. The van der Waals surface area contributed by atoms with Crippen molar-refractivity contribution < 1.29 is 0 Å². The summed E-state index contributed by atoms with van der Waals surface area (Å²) in [6.45, 7) is 3.79. The molecule has 0 spiro atoms. The average Bonchev–Trinajstić information content (AvgIpc) is 2.38. The molecule has 0 fully saturated rings. The summed E-state index contributed by atoms with van der Waals surface area (Å²) in [7, 11) is 0. The van der Waals surface area contributed by atoms with Crippen LogP contribution in [-0.2, 0) is 0 Å². The highest BCUT2D eigenvalue weighted by molar-refractivity contribution is 6.30. The van der Waals surface area contributed by atoms with E-state index in [1.807, 2.05) is 24.3 Å². The lowest BCUT2D eigenvalue weighted by atomic mass is 10.2. The van der Waals surface area contributed by atoms with E-state index in [4.69, 9.17) is 11.6 Å². The number of hydrogen-bond donors (Lipinski definition) is 1. The SMILES string of the molecule is C=CC1CC=Cc2cc(Cl)ccc2N1. The standard InChI is InChI=1S/C12H12ClN/c1-2-11-5-3-4-9-8-10(13)6-7-12(9)14-11/h2-4,6-8,11,14H,1,5H2. The maximum Gasteiger partial charge on any atom is 0.0476 e. The Morgan fingerprint density at radius 2 is 2.36 bits per heavy atom. The molecule has 1 nitrogen and oxygen atoms in total. The van der Waals surface area contributed by atoms with Gasteiger partial charge in [0.2, 0.25) is 0 Å². The number of halogens is 1. The molecule has 0 aromatic heterocycles. The van der Waals surface area contributed by atoms with E-state index in [2.05, 4.69) is 24.0 Å². The molecular formula is C12H12ClN. The Balaban J connectivity index is 2.39. The van der Waals surface area contributed by atoms with Crippen molar-refractivity contribution in [3.05, 3.63) is 47.5 Å².